The van der Waals surface area contributed by atoms with Crippen molar-refractivity contribution in [2.24, 2.45) is 0 Å². The molecule has 0 spiro atoms. The van der Waals surface area contributed by atoms with Crippen LogP contribution in [-0.4, -0.2) is 5.91 Å². The number of ether oxygens (including phenoxy) is 1. The lowest BCUT2D eigenvalue weighted by molar-refractivity contribution is -0.117. The SMILES string of the molecule is N#C/C(=C\c1cc(Br)cc(Br)c1OCc1ccccc1)C(=O)NCc1ccco1. The molecule has 0 aliphatic rings. The quantitative estimate of drug-likeness (QED) is 0.328. The van der Waals surface area contributed by atoms with Gasteiger partial charge in [0.25, 0.3) is 5.91 Å². The summed E-state index contributed by atoms with van der Waals surface area (Å²) in [4.78, 5) is 12.4. The minimum atomic E-state index is -0.492. The Hall–Kier alpha value is -2.82. The minimum Gasteiger partial charge on any atom is -0.487 e. The fourth-order valence-electron chi connectivity index (χ4n) is 2.55. The number of nitrogens with zero attached hydrogens (tertiary/aromatic N) is 1. The van der Waals surface area contributed by atoms with Gasteiger partial charge in [0.15, 0.2) is 0 Å². The van der Waals surface area contributed by atoms with E-state index in [2.05, 4.69) is 37.2 Å². The third kappa shape index (κ3) is 5.83. The van der Waals surface area contributed by atoms with Gasteiger partial charge in [-0.2, -0.15) is 5.26 Å². The van der Waals surface area contributed by atoms with E-state index in [9.17, 15) is 10.1 Å². The third-order valence-electron chi connectivity index (χ3n) is 3.93. The zero-order valence-electron chi connectivity index (χ0n) is 15.2. The number of carbonyl (C=O) groups excluding carboxylic acids is 1. The molecule has 3 aromatic rings. The summed E-state index contributed by atoms with van der Waals surface area (Å²) in [6.45, 7) is 0.554. The van der Waals surface area contributed by atoms with Gasteiger partial charge in [-0.1, -0.05) is 46.3 Å². The van der Waals surface area contributed by atoms with Gasteiger partial charge >= 0.3 is 0 Å². The van der Waals surface area contributed by atoms with E-state index in [-0.39, 0.29) is 12.1 Å². The smallest absolute Gasteiger partial charge is 0.262 e. The second-order valence-corrected chi connectivity index (χ2v) is 7.78. The molecule has 0 fully saturated rings. The first-order valence-corrected chi connectivity index (χ1v) is 10.2. The van der Waals surface area contributed by atoms with Crippen LogP contribution in [0, 0.1) is 11.3 Å². The van der Waals surface area contributed by atoms with E-state index in [4.69, 9.17) is 9.15 Å². The fraction of sp³-hybridized carbons (Fsp3) is 0.0909. The Morgan fingerprint density at radius 1 is 1.17 bits per heavy atom. The predicted molar refractivity (Wildman–Crippen MR) is 117 cm³/mol. The monoisotopic (exact) mass is 514 g/mol. The van der Waals surface area contributed by atoms with Gasteiger partial charge < -0.3 is 14.5 Å². The van der Waals surface area contributed by atoms with Gasteiger partial charge in [0.2, 0.25) is 0 Å². The van der Waals surface area contributed by atoms with Gasteiger partial charge in [0, 0.05) is 10.0 Å². The van der Waals surface area contributed by atoms with Gasteiger partial charge in [-0.25, -0.2) is 0 Å². The lowest BCUT2D eigenvalue weighted by Gasteiger charge is -2.13. The molecule has 1 amide bonds. The third-order valence-corrected chi connectivity index (χ3v) is 4.98. The molecule has 146 valence electrons. The molecule has 5 nitrogen and oxygen atoms in total. The molecule has 0 bridgehead atoms. The normalized spacial score (nSPS) is 11.0. The molecule has 7 heteroatoms. The number of nitrogens with one attached hydrogen (secondary N) is 1. The Morgan fingerprint density at radius 3 is 2.66 bits per heavy atom. The van der Waals surface area contributed by atoms with Gasteiger partial charge in [-0.3, -0.25) is 4.79 Å². The molecule has 1 N–H and O–H groups in total. The second-order valence-electron chi connectivity index (χ2n) is 6.01. The Balaban J connectivity index is 1.83. The van der Waals surface area contributed by atoms with E-state index in [1.807, 2.05) is 42.5 Å². The summed E-state index contributed by atoms with van der Waals surface area (Å²) >= 11 is 6.94. The number of halogens is 2. The van der Waals surface area contributed by atoms with Crippen molar-refractivity contribution in [1.29, 1.82) is 5.26 Å². The molecule has 0 unspecified atom stereocenters. The van der Waals surface area contributed by atoms with Crippen LogP contribution in [0.15, 0.2) is 79.8 Å². The van der Waals surface area contributed by atoms with Gasteiger partial charge in [0.05, 0.1) is 17.3 Å². The molecular weight excluding hydrogens is 500 g/mol. The molecule has 0 radical (unpaired) electrons. The summed E-state index contributed by atoms with van der Waals surface area (Å²) in [7, 11) is 0. The Labute approximate surface area is 185 Å². The highest BCUT2D eigenvalue weighted by molar-refractivity contribution is 9.11. The number of hydrogen-bond acceptors (Lipinski definition) is 4. The highest BCUT2D eigenvalue weighted by Gasteiger charge is 2.14. The summed E-state index contributed by atoms with van der Waals surface area (Å²) in [5.74, 6) is 0.658. The number of furan rings is 1. The van der Waals surface area contributed by atoms with E-state index in [0.29, 0.717) is 28.2 Å². The van der Waals surface area contributed by atoms with Gasteiger partial charge in [-0.05, 0) is 51.8 Å². The van der Waals surface area contributed by atoms with Crippen molar-refractivity contribution >= 4 is 43.8 Å². The molecule has 1 aromatic heterocycles. The van der Waals surface area contributed by atoms with Crippen molar-refractivity contribution in [2.45, 2.75) is 13.2 Å². The first kappa shape index (κ1) is 20.9. The molecule has 3 rings (SSSR count). The van der Waals surface area contributed by atoms with E-state index >= 15 is 0 Å². The molecule has 2 aromatic carbocycles. The molecule has 0 saturated carbocycles. The van der Waals surface area contributed by atoms with Crippen LogP contribution in [0.1, 0.15) is 16.9 Å². The van der Waals surface area contributed by atoms with E-state index < -0.39 is 5.91 Å². The second kappa shape index (κ2) is 10.1. The highest BCUT2D eigenvalue weighted by atomic mass is 79.9. The van der Waals surface area contributed by atoms with Crippen LogP contribution in [0.25, 0.3) is 6.08 Å². The maximum absolute atomic E-state index is 12.4. The lowest BCUT2D eigenvalue weighted by Crippen LogP contribution is -2.23. The maximum atomic E-state index is 12.4. The van der Waals surface area contributed by atoms with E-state index in [1.165, 1.54) is 12.3 Å². The minimum absolute atomic E-state index is 0.0360. The molecule has 29 heavy (non-hydrogen) atoms. The number of carbonyl (C=O) groups is 1. The van der Waals surface area contributed by atoms with Crippen LogP contribution < -0.4 is 10.1 Å². The molecule has 0 atom stereocenters. The summed E-state index contributed by atoms with van der Waals surface area (Å²) in [6, 6.07) is 18.8. The Kier molecular flexibility index (Phi) is 7.28. The Bertz CT molecular complexity index is 1060. The summed E-state index contributed by atoms with van der Waals surface area (Å²) in [5.41, 5.74) is 1.58. The fourth-order valence-corrected chi connectivity index (χ4v) is 3.92. The number of rotatable bonds is 7. The van der Waals surface area contributed by atoms with Crippen LogP contribution in [-0.2, 0) is 17.9 Å². The van der Waals surface area contributed by atoms with Crippen LogP contribution in [0.2, 0.25) is 0 Å². The van der Waals surface area contributed by atoms with Crippen LogP contribution in [0.5, 0.6) is 5.75 Å². The molecule has 0 aliphatic carbocycles. The van der Waals surface area contributed by atoms with Crippen LogP contribution in [0.4, 0.5) is 0 Å². The zero-order chi connectivity index (χ0) is 20.6. The topological polar surface area (TPSA) is 75.3 Å². The standard InChI is InChI=1S/C22H16Br2N2O3/c23-18-10-16(9-17(12-25)22(27)26-13-19-7-4-8-28-19)21(20(24)11-18)29-14-15-5-2-1-3-6-15/h1-11H,13-14H2,(H,26,27)/b17-9+. The van der Waals surface area contributed by atoms with Crippen molar-refractivity contribution in [3.05, 3.63) is 92.3 Å². The van der Waals surface area contributed by atoms with Crippen molar-refractivity contribution in [1.82, 2.24) is 5.32 Å². The molecule has 1 heterocycles. The average molecular weight is 516 g/mol. The number of benzene rings is 2. The van der Waals surface area contributed by atoms with Gasteiger partial charge in [-0.15, -0.1) is 0 Å². The lowest BCUT2D eigenvalue weighted by atomic mass is 10.1. The zero-order valence-corrected chi connectivity index (χ0v) is 18.4. The van der Waals surface area contributed by atoms with E-state index in [1.54, 1.807) is 18.2 Å². The number of nitriles is 1. The first-order valence-electron chi connectivity index (χ1n) is 8.65. The number of amides is 1. The van der Waals surface area contributed by atoms with Crippen molar-refractivity contribution in [3.8, 4) is 11.8 Å². The maximum Gasteiger partial charge on any atom is 0.262 e. The molecular formula is C22H16Br2N2O3. The summed E-state index contributed by atoms with van der Waals surface area (Å²) < 4.78 is 12.7. The van der Waals surface area contributed by atoms with Crippen molar-refractivity contribution in [2.75, 3.05) is 0 Å². The highest BCUT2D eigenvalue weighted by Crippen LogP contribution is 2.35. The summed E-state index contributed by atoms with van der Waals surface area (Å²) in [5, 5.41) is 12.2. The van der Waals surface area contributed by atoms with Crippen molar-refractivity contribution < 1.29 is 13.9 Å². The van der Waals surface area contributed by atoms with Crippen LogP contribution >= 0.6 is 31.9 Å². The molecule has 0 aliphatic heterocycles. The van der Waals surface area contributed by atoms with Gasteiger partial charge in [0.1, 0.15) is 29.8 Å². The van der Waals surface area contributed by atoms with E-state index in [0.717, 1.165) is 10.0 Å². The van der Waals surface area contributed by atoms with Crippen molar-refractivity contribution in [3.63, 3.8) is 0 Å². The summed E-state index contributed by atoms with van der Waals surface area (Å²) in [6.07, 6.45) is 3.03. The molecule has 0 saturated heterocycles. The first-order chi connectivity index (χ1) is 14.1. The predicted octanol–water partition coefficient (Wildman–Crippen LogP) is 5.61. The largest absolute Gasteiger partial charge is 0.487 e. The number of hydrogen-bond donors (Lipinski definition) is 1. The van der Waals surface area contributed by atoms with Crippen LogP contribution in [0.3, 0.4) is 0 Å². The Morgan fingerprint density at radius 2 is 1.97 bits per heavy atom. The average Bonchev–Trinajstić information content (AvgIpc) is 3.24.